The Morgan fingerprint density at radius 2 is 1.86 bits per heavy atom. The normalized spacial score (nSPS) is 13.6. The molecule has 0 saturated carbocycles. The fourth-order valence-electron chi connectivity index (χ4n) is 2.63. The van der Waals surface area contributed by atoms with Crippen molar-refractivity contribution in [3.05, 3.63) is 42.1 Å². The molecule has 3 nitrogen and oxygen atoms in total. The third-order valence-corrected chi connectivity index (χ3v) is 3.73. The molecule has 1 amide bonds. The molecule has 2 aromatic rings. The first-order chi connectivity index (χ1) is 9.33. The number of aryl methyl sites for hydroxylation is 1. The van der Waals surface area contributed by atoms with Crippen LogP contribution < -0.4 is 0 Å². The van der Waals surface area contributed by atoms with Gasteiger partial charge in [0, 0.05) is 31.1 Å². The fraction of sp³-hybridized carbons (Fsp3) is 0.375. The first-order valence-corrected chi connectivity index (χ1v) is 6.94. The third-order valence-electron chi connectivity index (χ3n) is 3.73. The summed E-state index contributed by atoms with van der Waals surface area (Å²) in [5.41, 5.74) is 2.16. The maximum absolute atomic E-state index is 12.0. The summed E-state index contributed by atoms with van der Waals surface area (Å²) in [5.74, 6) is 0.283. The van der Waals surface area contributed by atoms with Crippen LogP contribution in [-0.4, -0.2) is 28.9 Å². The number of hydrogen-bond donors (Lipinski definition) is 0. The Morgan fingerprint density at radius 1 is 1.14 bits per heavy atom. The van der Waals surface area contributed by atoms with Crippen LogP contribution in [0.4, 0.5) is 0 Å². The number of likely N-dealkylation sites (tertiary alicyclic amines) is 1. The number of hydrogen-bond acceptors (Lipinski definition) is 2. The average Bonchev–Trinajstić information content (AvgIpc) is 2.99. The van der Waals surface area contributed by atoms with Gasteiger partial charge in [-0.2, -0.15) is 0 Å². The number of amides is 1. The van der Waals surface area contributed by atoms with E-state index in [1.165, 1.54) is 0 Å². The minimum Gasteiger partial charge on any atom is -0.343 e. The van der Waals surface area contributed by atoms with E-state index in [0.717, 1.165) is 48.8 Å². The molecule has 114 valence electrons. The number of aromatic nitrogens is 1. The molecule has 0 N–H and O–H groups in total. The van der Waals surface area contributed by atoms with Crippen LogP contribution in [0.15, 0.2) is 36.5 Å². The van der Waals surface area contributed by atoms with Gasteiger partial charge in [-0.1, -0.05) is 18.2 Å². The van der Waals surface area contributed by atoms with Gasteiger partial charge >= 0.3 is 0 Å². The molecule has 3 rings (SSSR count). The Labute approximate surface area is 137 Å². The predicted molar refractivity (Wildman–Crippen MR) is 90.4 cm³/mol. The summed E-state index contributed by atoms with van der Waals surface area (Å²) in [4.78, 5) is 18.4. The van der Waals surface area contributed by atoms with Gasteiger partial charge in [-0.15, -0.1) is 24.8 Å². The van der Waals surface area contributed by atoms with Crippen molar-refractivity contribution in [3.63, 3.8) is 0 Å². The lowest BCUT2D eigenvalue weighted by Crippen LogP contribution is -2.27. The highest BCUT2D eigenvalue weighted by Gasteiger charge is 2.17. The second-order valence-electron chi connectivity index (χ2n) is 5.12. The number of para-hydroxylation sites is 1. The quantitative estimate of drug-likeness (QED) is 0.862. The first kappa shape index (κ1) is 17.7. The van der Waals surface area contributed by atoms with Gasteiger partial charge in [0.05, 0.1) is 5.52 Å². The molecule has 1 saturated heterocycles. The molecule has 1 aliphatic rings. The van der Waals surface area contributed by atoms with Gasteiger partial charge in [-0.25, -0.2) is 0 Å². The zero-order valence-corrected chi connectivity index (χ0v) is 13.5. The van der Waals surface area contributed by atoms with E-state index in [4.69, 9.17) is 0 Å². The summed E-state index contributed by atoms with van der Waals surface area (Å²) in [6, 6.07) is 10.2. The van der Waals surface area contributed by atoms with E-state index >= 15 is 0 Å². The van der Waals surface area contributed by atoms with Gasteiger partial charge in [-0.3, -0.25) is 9.78 Å². The van der Waals surface area contributed by atoms with Crippen molar-refractivity contribution in [2.45, 2.75) is 25.7 Å². The SMILES string of the molecule is Cl.Cl.O=C(CCc1cnc2ccccc2c1)N1CCCC1. The fourth-order valence-corrected chi connectivity index (χ4v) is 2.63. The monoisotopic (exact) mass is 326 g/mol. The van der Waals surface area contributed by atoms with Crippen LogP contribution in [0.5, 0.6) is 0 Å². The van der Waals surface area contributed by atoms with Crippen LogP contribution in [0.1, 0.15) is 24.8 Å². The molecule has 21 heavy (non-hydrogen) atoms. The van der Waals surface area contributed by atoms with E-state index in [0.29, 0.717) is 6.42 Å². The molecule has 0 radical (unpaired) electrons. The largest absolute Gasteiger partial charge is 0.343 e. The molecule has 0 bridgehead atoms. The smallest absolute Gasteiger partial charge is 0.222 e. The number of benzene rings is 1. The summed E-state index contributed by atoms with van der Waals surface area (Å²) in [6.45, 7) is 1.88. The molecule has 0 spiro atoms. The van der Waals surface area contributed by atoms with E-state index < -0.39 is 0 Å². The highest BCUT2D eigenvalue weighted by atomic mass is 35.5. The van der Waals surface area contributed by atoms with Crippen LogP contribution in [0.25, 0.3) is 10.9 Å². The van der Waals surface area contributed by atoms with Crippen molar-refractivity contribution in [3.8, 4) is 0 Å². The second-order valence-corrected chi connectivity index (χ2v) is 5.12. The molecule has 0 aliphatic carbocycles. The Morgan fingerprint density at radius 3 is 2.62 bits per heavy atom. The van der Waals surface area contributed by atoms with E-state index in [2.05, 4.69) is 17.1 Å². The van der Waals surface area contributed by atoms with Crippen LogP contribution in [-0.2, 0) is 11.2 Å². The Balaban J connectivity index is 0.00000110. The van der Waals surface area contributed by atoms with Gasteiger partial charge in [0.25, 0.3) is 0 Å². The minimum atomic E-state index is 0. The zero-order chi connectivity index (χ0) is 13.1. The van der Waals surface area contributed by atoms with Gasteiger partial charge in [0.15, 0.2) is 0 Å². The van der Waals surface area contributed by atoms with E-state index in [1.807, 2.05) is 29.3 Å². The summed E-state index contributed by atoms with van der Waals surface area (Å²) in [5, 5.41) is 1.15. The molecule has 2 heterocycles. The van der Waals surface area contributed by atoms with Gasteiger partial charge < -0.3 is 4.90 Å². The van der Waals surface area contributed by atoms with Crippen molar-refractivity contribution >= 4 is 41.6 Å². The highest BCUT2D eigenvalue weighted by Crippen LogP contribution is 2.15. The zero-order valence-electron chi connectivity index (χ0n) is 11.8. The molecule has 5 heteroatoms. The van der Waals surface area contributed by atoms with Crippen molar-refractivity contribution in [2.75, 3.05) is 13.1 Å². The van der Waals surface area contributed by atoms with Crippen molar-refractivity contribution in [1.29, 1.82) is 0 Å². The lowest BCUT2D eigenvalue weighted by Gasteiger charge is -2.14. The molecule has 1 fully saturated rings. The molecule has 1 aromatic carbocycles. The Kier molecular flexibility index (Phi) is 6.93. The summed E-state index contributed by atoms with van der Waals surface area (Å²) in [6.07, 6.45) is 5.58. The molecule has 0 atom stereocenters. The molecule has 1 aliphatic heterocycles. The minimum absolute atomic E-state index is 0. The number of nitrogens with zero attached hydrogens (tertiary/aromatic N) is 2. The van der Waals surface area contributed by atoms with Gasteiger partial charge in [-0.05, 0) is 37.0 Å². The summed E-state index contributed by atoms with van der Waals surface area (Å²) < 4.78 is 0. The Hall–Kier alpha value is -1.32. The molecular formula is C16H20Cl2N2O. The number of rotatable bonds is 3. The van der Waals surface area contributed by atoms with Gasteiger partial charge in [0.1, 0.15) is 0 Å². The van der Waals surface area contributed by atoms with Gasteiger partial charge in [0.2, 0.25) is 5.91 Å². The first-order valence-electron chi connectivity index (χ1n) is 6.94. The average molecular weight is 327 g/mol. The number of pyridine rings is 1. The van der Waals surface area contributed by atoms with Crippen molar-refractivity contribution < 1.29 is 4.79 Å². The van der Waals surface area contributed by atoms with Crippen LogP contribution >= 0.6 is 24.8 Å². The number of fused-ring (bicyclic) bond motifs is 1. The number of carbonyl (C=O) groups excluding carboxylic acids is 1. The van der Waals surface area contributed by atoms with Crippen LogP contribution in [0.2, 0.25) is 0 Å². The summed E-state index contributed by atoms with van der Waals surface area (Å²) >= 11 is 0. The van der Waals surface area contributed by atoms with E-state index in [1.54, 1.807) is 0 Å². The van der Waals surface area contributed by atoms with Crippen molar-refractivity contribution in [1.82, 2.24) is 9.88 Å². The van der Waals surface area contributed by atoms with Crippen LogP contribution in [0.3, 0.4) is 0 Å². The van der Waals surface area contributed by atoms with E-state index in [9.17, 15) is 4.79 Å². The molecule has 1 aromatic heterocycles. The van der Waals surface area contributed by atoms with Crippen molar-refractivity contribution in [2.24, 2.45) is 0 Å². The molecular weight excluding hydrogens is 307 g/mol. The number of carbonyl (C=O) groups is 1. The third kappa shape index (κ3) is 4.32. The second kappa shape index (κ2) is 8.20. The predicted octanol–water partition coefficient (Wildman–Crippen LogP) is 3.63. The summed E-state index contributed by atoms with van der Waals surface area (Å²) in [7, 11) is 0. The van der Waals surface area contributed by atoms with E-state index in [-0.39, 0.29) is 30.7 Å². The number of halogens is 2. The lowest BCUT2D eigenvalue weighted by molar-refractivity contribution is -0.130. The standard InChI is InChI=1S/C16H18N2O.2ClH/c19-16(18-9-3-4-10-18)8-7-13-11-14-5-1-2-6-15(14)17-12-13;;/h1-2,5-6,11-12H,3-4,7-10H2;2*1H. The topological polar surface area (TPSA) is 33.2 Å². The maximum atomic E-state index is 12.0. The maximum Gasteiger partial charge on any atom is 0.222 e. The highest BCUT2D eigenvalue weighted by molar-refractivity contribution is 5.85. The molecule has 0 unspecified atom stereocenters. The Bertz CT molecular complexity index is 598. The van der Waals surface area contributed by atoms with Crippen LogP contribution in [0, 0.1) is 0 Å². The lowest BCUT2D eigenvalue weighted by atomic mass is 10.1.